The molecule has 3 rings (SSSR count). The first-order valence-electron chi connectivity index (χ1n) is 10.4. The summed E-state index contributed by atoms with van der Waals surface area (Å²) in [5.74, 6) is 0.782. The number of ether oxygens (including phenoxy) is 1. The standard InChI is InChI=1S/C24H30N4O2/c1-4-14-25-24(29)18(2)26-15-20-17-28(16-19-10-6-5-7-11-19)27-23(20)21-12-8-9-13-22(21)30-3/h5-13,17-18,26H,4,14-16H2,1-3H3,(H,25,29)/t18-/m1/s1. The van der Waals surface area contributed by atoms with Crippen molar-refractivity contribution in [1.29, 1.82) is 0 Å². The van der Waals surface area contributed by atoms with E-state index in [1.807, 2.05) is 67.2 Å². The first-order valence-corrected chi connectivity index (χ1v) is 10.4. The average molecular weight is 407 g/mol. The Morgan fingerprint density at radius 2 is 1.87 bits per heavy atom. The lowest BCUT2D eigenvalue weighted by molar-refractivity contribution is -0.122. The van der Waals surface area contributed by atoms with E-state index in [1.54, 1.807) is 7.11 Å². The van der Waals surface area contributed by atoms with E-state index in [2.05, 4.69) is 22.8 Å². The van der Waals surface area contributed by atoms with Crippen LogP contribution in [-0.2, 0) is 17.9 Å². The van der Waals surface area contributed by atoms with Crippen LogP contribution in [0.25, 0.3) is 11.3 Å². The molecule has 0 bridgehead atoms. The highest BCUT2D eigenvalue weighted by Gasteiger charge is 2.17. The van der Waals surface area contributed by atoms with Crippen molar-refractivity contribution in [3.8, 4) is 17.0 Å². The summed E-state index contributed by atoms with van der Waals surface area (Å²) in [6.45, 7) is 5.81. The fraction of sp³-hybridized carbons (Fsp3) is 0.333. The molecule has 30 heavy (non-hydrogen) atoms. The van der Waals surface area contributed by atoms with Gasteiger partial charge in [0, 0.05) is 30.4 Å². The van der Waals surface area contributed by atoms with Crippen LogP contribution in [0.2, 0.25) is 0 Å². The lowest BCUT2D eigenvalue weighted by Gasteiger charge is -2.14. The van der Waals surface area contributed by atoms with Crippen molar-refractivity contribution in [3.63, 3.8) is 0 Å². The molecule has 2 N–H and O–H groups in total. The van der Waals surface area contributed by atoms with Gasteiger partial charge in [0.15, 0.2) is 0 Å². The fourth-order valence-electron chi connectivity index (χ4n) is 3.27. The predicted molar refractivity (Wildman–Crippen MR) is 119 cm³/mol. The Balaban J connectivity index is 1.85. The zero-order chi connectivity index (χ0) is 21.3. The van der Waals surface area contributed by atoms with Crippen molar-refractivity contribution in [2.24, 2.45) is 0 Å². The molecule has 0 unspecified atom stereocenters. The van der Waals surface area contributed by atoms with Crippen molar-refractivity contribution in [2.45, 2.75) is 39.4 Å². The number of hydrogen-bond acceptors (Lipinski definition) is 4. The average Bonchev–Trinajstić information content (AvgIpc) is 3.18. The Labute approximate surface area is 178 Å². The van der Waals surface area contributed by atoms with E-state index in [4.69, 9.17) is 9.84 Å². The summed E-state index contributed by atoms with van der Waals surface area (Å²) in [7, 11) is 1.66. The summed E-state index contributed by atoms with van der Waals surface area (Å²) < 4.78 is 7.50. The third-order valence-electron chi connectivity index (χ3n) is 4.93. The fourth-order valence-corrected chi connectivity index (χ4v) is 3.27. The highest BCUT2D eigenvalue weighted by atomic mass is 16.5. The number of rotatable bonds is 10. The first kappa shape index (κ1) is 21.6. The van der Waals surface area contributed by atoms with Crippen LogP contribution in [0.5, 0.6) is 5.75 Å². The van der Waals surface area contributed by atoms with E-state index >= 15 is 0 Å². The molecule has 1 amide bonds. The van der Waals surface area contributed by atoms with Gasteiger partial charge >= 0.3 is 0 Å². The molecule has 0 aliphatic rings. The van der Waals surface area contributed by atoms with Crippen LogP contribution in [0.3, 0.4) is 0 Å². The van der Waals surface area contributed by atoms with Gasteiger partial charge in [0.2, 0.25) is 5.91 Å². The largest absolute Gasteiger partial charge is 0.496 e. The van der Waals surface area contributed by atoms with Gasteiger partial charge < -0.3 is 15.4 Å². The van der Waals surface area contributed by atoms with E-state index in [-0.39, 0.29) is 11.9 Å². The molecule has 6 heteroatoms. The Kier molecular flexibility index (Phi) is 7.63. The molecule has 0 saturated carbocycles. The SMILES string of the molecule is CCCNC(=O)[C@@H](C)NCc1cn(Cc2ccccc2)nc1-c1ccccc1OC. The van der Waals surface area contributed by atoms with Crippen molar-refractivity contribution >= 4 is 5.91 Å². The number of methoxy groups -OCH3 is 1. The third-order valence-corrected chi connectivity index (χ3v) is 4.93. The van der Waals surface area contributed by atoms with Gasteiger partial charge in [-0.05, 0) is 31.0 Å². The van der Waals surface area contributed by atoms with E-state index < -0.39 is 0 Å². The number of para-hydroxylation sites is 1. The van der Waals surface area contributed by atoms with Gasteiger partial charge in [-0.1, -0.05) is 49.4 Å². The molecule has 3 aromatic rings. The van der Waals surface area contributed by atoms with Crippen LogP contribution in [0.4, 0.5) is 0 Å². The van der Waals surface area contributed by atoms with Crippen LogP contribution in [0.1, 0.15) is 31.4 Å². The van der Waals surface area contributed by atoms with Crippen molar-refractivity contribution < 1.29 is 9.53 Å². The summed E-state index contributed by atoms with van der Waals surface area (Å²) in [5.41, 5.74) is 3.99. The number of hydrogen-bond donors (Lipinski definition) is 2. The molecule has 1 aromatic heterocycles. The van der Waals surface area contributed by atoms with E-state index in [1.165, 1.54) is 5.56 Å². The lowest BCUT2D eigenvalue weighted by atomic mass is 10.1. The van der Waals surface area contributed by atoms with E-state index in [0.717, 1.165) is 29.0 Å². The van der Waals surface area contributed by atoms with Gasteiger partial charge in [0.1, 0.15) is 11.4 Å². The quantitative estimate of drug-likeness (QED) is 0.540. The minimum absolute atomic E-state index is 0.00682. The zero-order valence-corrected chi connectivity index (χ0v) is 17.9. The molecular weight excluding hydrogens is 376 g/mol. The summed E-state index contributed by atoms with van der Waals surface area (Å²) in [5, 5.41) is 11.1. The topological polar surface area (TPSA) is 68.2 Å². The number of aromatic nitrogens is 2. The number of nitrogens with zero attached hydrogens (tertiary/aromatic N) is 2. The minimum atomic E-state index is -0.292. The number of benzene rings is 2. The molecule has 0 aliphatic carbocycles. The van der Waals surface area contributed by atoms with Gasteiger partial charge in [-0.15, -0.1) is 0 Å². The Morgan fingerprint density at radius 1 is 1.13 bits per heavy atom. The predicted octanol–water partition coefficient (Wildman–Crippen LogP) is 3.61. The number of carbonyl (C=O) groups is 1. The molecule has 0 spiro atoms. The van der Waals surface area contributed by atoms with Crippen molar-refractivity contribution in [2.75, 3.05) is 13.7 Å². The summed E-state index contributed by atoms with van der Waals surface area (Å²) in [6.07, 6.45) is 2.96. The second-order valence-electron chi connectivity index (χ2n) is 7.28. The van der Waals surface area contributed by atoms with Crippen LogP contribution in [0.15, 0.2) is 60.8 Å². The molecule has 1 heterocycles. The minimum Gasteiger partial charge on any atom is -0.496 e. The highest BCUT2D eigenvalue weighted by Crippen LogP contribution is 2.31. The second kappa shape index (κ2) is 10.6. The van der Waals surface area contributed by atoms with Gasteiger partial charge in [-0.25, -0.2) is 0 Å². The maximum absolute atomic E-state index is 12.2. The Bertz CT molecular complexity index is 953. The van der Waals surface area contributed by atoms with Gasteiger partial charge in [0.25, 0.3) is 0 Å². The molecule has 0 aliphatic heterocycles. The van der Waals surface area contributed by atoms with Crippen LogP contribution in [0, 0.1) is 0 Å². The van der Waals surface area contributed by atoms with Crippen molar-refractivity contribution in [1.82, 2.24) is 20.4 Å². The van der Waals surface area contributed by atoms with E-state index in [0.29, 0.717) is 19.6 Å². The highest BCUT2D eigenvalue weighted by molar-refractivity contribution is 5.81. The molecule has 2 aromatic carbocycles. The maximum atomic E-state index is 12.2. The van der Waals surface area contributed by atoms with Crippen LogP contribution < -0.4 is 15.4 Å². The molecule has 158 valence electrons. The molecule has 0 fully saturated rings. The number of carbonyl (C=O) groups excluding carboxylic acids is 1. The summed E-state index contributed by atoms with van der Waals surface area (Å²) in [4.78, 5) is 12.2. The molecule has 0 saturated heterocycles. The smallest absolute Gasteiger partial charge is 0.236 e. The Morgan fingerprint density at radius 3 is 2.60 bits per heavy atom. The third kappa shape index (κ3) is 5.48. The molecule has 1 atom stereocenters. The summed E-state index contributed by atoms with van der Waals surface area (Å²) >= 11 is 0. The van der Waals surface area contributed by atoms with Gasteiger partial charge in [-0.2, -0.15) is 5.10 Å². The first-order chi connectivity index (χ1) is 14.6. The van der Waals surface area contributed by atoms with Crippen LogP contribution >= 0.6 is 0 Å². The van der Waals surface area contributed by atoms with Crippen LogP contribution in [-0.4, -0.2) is 35.4 Å². The summed E-state index contributed by atoms with van der Waals surface area (Å²) in [6, 6.07) is 17.8. The molecular formula is C24H30N4O2. The maximum Gasteiger partial charge on any atom is 0.236 e. The lowest BCUT2D eigenvalue weighted by Crippen LogP contribution is -2.42. The Hall–Kier alpha value is -3.12. The van der Waals surface area contributed by atoms with Gasteiger partial charge in [-0.3, -0.25) is 9.48 Å². The van der Waals surface area contributed by atoms with E-state index in [9.17, 15) is 4.79 Å². The molecule has 6 nitrogen and oxygen atoms in total. The zero-order valence-electron chi connectivity index (χ0n) is 17.9. The second-order valence-corrected chi connectivity index (χ2v) is 7.28. The monoisotopic (exact) mass is 406 g/mol. The number of nitrogens with one attached hydrogen (secondary N) is 2. The molecule has 0 radical (unpaired) electrons. The van der Waals surface area contributed by atoms with Gasteiger partial charge in [0.05, 0.1) is 19.7 Å². The normalized spacial score (nSPS) is 11.8. The van der Waals surface area contributed by atoms with Crippen molar-refractivity contribution in [3.05, 3.63) is 71.9 Å². The number of amides is 1.